The van der Waals surface area contributed by atoms with E-state index in [0.29, 0.717) is 7.25 Å². The maximum Gasteiger partial charge on any atom is -1.00 e. The fourth-order valence-electron chi connectivity index (χ4n) is 6.85. The number of allylic oxidation sites excluding steroid dienone is 2. The summed E-state index contributed by atoms with van der Waals surface area (Å²) in [6.07, 6.45) is -4.27. The van der Waals surface area contributed by atoms with E-state index in [9.17, 15) is 26.3 Å². The maximum absolute atomic E-state index is 13.2. The number of rotatable bonds is 4. The van der Waals surface area contributed by atoms with Crippen molar-refractivity contribution in [3.8, 4) is 22.3 Å². The minimum absolute atomic E-state index is 0. The molecule has 4 aromatic carbocycles. The zero-order chi connectivity index (χ0) is 31.6. The van der Waals surface area contributed by atoms with Crippen LogP contribution in [0.2, 0.25) is 13.1 Å². The van der Waals surface area contributed by atoms with Gasteiger partial charge in [-0.25, -0.2) is 0 Å². The molecule has 2 unspecified atom stereocenters. The maximum atomic E-state index is 13.2. The summed E-state index contributed by atoms with van der Waals surface area (Å²) >= 11 is -2.42. The van der Waals surface area contributed by atoms with Crippen molar-refractivity contribution in [2.75, 3.05) is 0 Å². The zero-order valence-electron chi connectivity index (χ0n) is 25.4. The molecule has 2 aliphatic rings. The second-order valence-corrected chi connectivity index (χ2v) is 29.7. The van der Waals surface area contributed by atoms with E-state index in [1.54, 1.807) is 24.3 Å². The third-order valence-corrected chi connectivity index (χ3v) is 28.7. The number of halogens is 8. The molecule has 4 aromatic rings. The fraction of sp³-hybridized carbons (Fsp3) is 0.222. The Labute approximate surface area is 285 Å². The van der Waals surface area contributed by atoms with Gasteiger partial charge in [0.05, 0.1) is 0 Å². The van der Waals surface area contributed by atoms with Crippen LogP contribution in [0.5, 0.6) is 0 Å². The molecule has 0 N–H and O–H groups in total. The molecule has 0 aromatic heterocycles. The topological polar surface area (TPSA) is 0 Å². The van der Waals surface area contributed by atoms with Crippen molar-refractivity contribution in [1.29, 1.82) is 0 Å². The van der Waals surface area contributed by atoms with Gasteiger partial charge < -0.3 is 24.8 Å². The summed E-state index contributed by atoms with van der Waals surface area (Å²) in [5, 5.41) is 0. The molecule has 0 amide bonds. The number of benzene rings is 4. The second kappa shape index (κ2) is 13.6. The summed E-state index contributed by atoms with van der Waals surface area (Å²) in [6, 6.07) is 23.3. The van der Waals surface area contributed by atoms with Crippen molar-refractivity contribution in [1.82, 2.24) is 0 Å². The fourth-order valence-corrected chi connectivity index (χ4v) is 27.6. The molecule has 10 heteroatoms. The average Bonchev–Trinajstić information content (AvgIpc) is 3.48. The largest absolute Gasteiger partial charge is 1.00 e. The van der Waals surface area contributed by atoms with Crippen molar-refractivity contribution in [3.63, 3.8) is 0 Å². The molecule has 238 valence electrons. The summed E-state index contributed by atoms with van der Waals surface area (Å²) in [7, 11) is 0. The van der Waals surface area contributed by atoms with E-state index in [4.69, 9.17) is 0 Å². The Bertz CT molecular complexity index is 1740. The van der Waals surface area contributed by atoms with Crippen LogP contribution in [0.25, 0.3) is 34.4 Å². The summed E-state index contributed by atoms with van der Waals surface area (Å²) in [5.41, 5.74) is 8.82. The first-order chi connectivity index (χ1) is 20.8. The minimum atomic E-state index is -4.38. The van der Waals surface area contributed by atoms with E-state index in [1.807, 2.05) is 24.3 Å². The Hall–Kier alpha value is -2.38. The Morgan fingerprint density at radius 3 is 1.20 bits per heavy atom. The predicted molar refractivity (Wildman–Crippen MR) is 164 cm³/mol. The summed E-state index contributed by atoms with van der Waals surface area (Å²) in [4.78, 5) is 0. The Morgan fingerprint density at radius 1 is 0.543 bits per heavy atom. The van der Waals surface area contributed by atoms with E-state index in [2.05, 4.69) is 51.2 Å². The van der Waals surface area contributed by atoms with E-state index >= 15 is 0 Å². The standard InChI is InChI=1S/2C17H12F3.C2H6Si.2ClH.Zr/c2*1-11-9-13-3-2-4-15(16(13)10-11)12-5-7-14(8-6-12)17(18,19)20;1-3-2;;;/h2*2-10H,1H3;1-2H3;2*1H;/q;;;;;+2/p-2. The van der Waals surface area contributed by atoms with E-state index in [-0.39, 0.29) is 24.8 Å². The van der Waals surface area contributed by atoms with Crippen molar-refractivity contribution >= 4 is 17.6 Å². The summed E-state index contributed by atoms with van der Waals surface area (Å²) < 4.78 is 80.0. The molecule has 6 rings (SSSR count). The molecule has 2 aliphatic carbocycles. The van der Waals surface area contributed by atoms with Crippen LogP contribution in [0.1, 0.15) is 54.5 Å². The molecule has 0 aliphatic heterocycles. The normalized spacial score (nSPS) is 16.6. The van der Waals surface area contributed by atoms with Gasteiger partial charge in [0.15, 0.2) is 0 Å². The first-order valence-electron chi connectivity index (χ1n) is 14.4. The molecule has 0 radical (unpaired) electrons. The number of fused-ring (bicyclic) bond motifs is 2. The predicted octanol–water partition coefficient (Wildman–Crippen LogP) is 5.55. The van der Waals surface area contributed by atoms with Gasteiger partial charge in [-0.2, -0.15) is 0 Å². The molecule has 0 spiro atoms. The third kappa shape index (κ3) is 6.65. The monoisotopic (exact) mass is 764 g/mol. The first kappa shape index (κ1) is 36.5. The second-order valence-electron chi connectivity index (χ2n) is 11.9. The molecule has 0 saturated heterocycles. The third-order valence-electron chi connectivity index (χ3n) is 8.80. The molecule has 46 heavy (non-hydrogen) atoms. The SMILES string of the molecule is CC1=Cc2c(-c3ccc(C(F)(F)F)cc3)cccc2[CH]1[Zr+2]([CH]1C(C)=Cc2c(-c3ccc(C(F)(F)F)cc3)cccc21)=[Si](C)C.[Cl-].[Cl-]. The van der Waals surface area contributed by atoms with Crippen LogP contribution in [0, 0.1) is 0 Å². The van der Waals surface area contributed by atoms with Crippen LogP contribution in [0.15, 0.2) is 96.1 Å². The van der Waals surface area contributed by atoms with E-state index < -0.39 is 49.3 Å². The van der Waals surface area contributed by atoms with Gasteiger partial charge in [-0.15, -0.1) is 0 Å². The molecular formula is C36H30Cl2F6SiZr. The first-order valence-corrected chi connectivity index (χ1v) is 23.4. The average molecular weight is 767 g/mol. The number of alkyl halides is 6. The minimum Gasteiger partial charge on any atom is -1.00 e. The summed E-state index contributed by atoms with van der Waals surface area (Å²) in [6.45, 7) is 9.21. The van der Waals surface area contributed by atoms with Crippen LogP contribution < -0.4 is 24.8 Å². The summed E-state index contributed by atoms with van der Waals surface area (Å²) in [5.74, 6) is 0. The van der Waals surface area contributed by atoms with Gasteiger partial charge in [-0.05, 0) is 0 Å². The van der Waals surface area contributed by atoms with Crippen LogP contribution in [-0.2, 0) is 32.7 Å². The van der Waals surface area contributed by atoms with Crippen LogP contribution in [0.4, 0.5) is 26.3 Å². The molecule has 2 atom stereocenters. The van der Waals surface area contributed by atoms with Crippen LogP contribution in [0.3, 0.4) is 0 Å². The van der Waals surface area contributed by atoms with Gasteiger partial charge in [0, 0.05) is 0 Å². The molecule has 0 fully saturated rings. The number of hydrogen-bond acceptors (Lipinski definition) is 0. The van der Waals surface area contributed by atoms with Crippen molar-refractivity contribution in [3.05, 3.63) is 129 Å². The van der Waals surface area contributed by atoms with Crippen molar-refractivity contribution < 1.29 is 71.5 Å². The van der Waals surface area contributed by atoms with Gasteiger partial charge >= 0.3 is 263 Å². The molecule has 0 heterocycles. The van der Waals surface area contributed by atoms with Gasteiger partial charge in [0.1, 0.15) is 0 Å². The molecule has 0 saturated carbocycles. The quantitative estimate of drug-likeness (QED) is 0.189. The Morgan fingerprint density at radius 2 is 0.891 bits per heavy atom. The van der Waals surface area contributed by atoms with Crippen LogP contribution >= 0.6 is 0 Å². The van der Waals surface area contributed by atoms with Gasteiger partial charge in [-0.1, -0.05) is 0 Å². The van der Waals surface area contributed by atoms with E-state index in [1.165, 1.54) is 22.3 Å². The van der Waals surface area contributed by atoms with Crippen molar-refractivity contribution in [2.24, 2.45) is 0 Å². The molecule has 0 bridgehead atoms. The zero-order valence-corrected chi connectivity index (χ0v) is 30.4. The smallest absolute Gasteiger partial charge is 1.00 e. The van der Waals surface area contributed by atoms with Crippen molar-refractivity contribution in [2.45, 2.75) is 46.5 Å². The Balaban J connectivity index is 0.00000240. The van der Waals surface area contributed by atoms with E-state index in [0.717, 1.165) is 57.6 Å². The van der Waals surface area contributed by atoms with Gasteiger partial charge in [0.2, 0.25) is 0 Å². The molecular weight excluding hydrogens is 737 g/mol. The van der Waals surface area contributed by atoms with Crippen LogP contribution in [-0.4, -0.2) is 5.43 Å². The molecule has 0 nitrogen and oxygen atoms in total. The number of hydrogen-bond donors (Lipinski definition) is 0. The Kier molecular flexibility index (Phi) is 10.8. The van der Waals surface area contributed by atoms with Gasteiger partial charge in [-0.3, -0.25) is 0 Å². The van der Waals surface area contributed by atoms with Gasteiger partial charge in [0.25, 0.3) is 0 Å².